The molecule has 0 aliphatic carbocycles. The predicted molar refractivity (Wildman–Crippen MR) is 119 cm³/mol. The fourth-order valence-corrected chi connectivity index (χ4v) is 3.99. The van der Waals surface area contributed by atoms with Crippen LogP contribution in [0.4, 0.5) is 11.4 Å². The van der Waals surface area contributed by atoms with Crippen LogP contribution in [-0.4, -0.2) is 29.0 Å². The van der Waals surface area contributed by atoms with Crippen molar-refractivity contribution in [3.8, 4) is 23.0 Å². The summed E-state index contributed by atoms with van der Waals surface area (Å²) in [5.74, 6) is 1.95. The lowest BCUT2D eigenvalue weighted by Gasteiger charge is -2.18. The number of aromatic nitrogens is 1. The zero-order valence-electron chi connectivity index (χ0n) is 16.6. The number of furan rings is 1. The van der Waals surface area contributed by atoms with Crippen molar-refractivity contribution in [3.05, 3.63) is 86.7 Å². The summed E-state index contributed by atoms with van der Waals surface area (Å²) in [5, 5.41) is 17.8. The van der Waals surface area contributed by atoms with Gasteiger partial charge in [0, 0.05) is 11.4 Å². The Kier molecular flexibility index (Phi) is 5.26. The molecule has 4 aromatic rings. The van der Waals surface area contributed by atoms with Gasteiger partial charge in [0.05, 0.1) is 17.4 Å². The van der Waals surface area contributed by atoms with Crippen LogP contribution in [0.15, 0.2) is 80.8 Å². The van der Waals surface area contributed by atoms with E-state index in [9.17, 15) is 10.1 Å². The van der Waals surface area contributed by atoms with Crippen LogP contribution in [-0.2, 0) is 0 Å². The van der Waals surface area contributed by atoms with E-state index < -0.39 is 4.92 Å². The second-order valence-corrected chi connectivity index (χ2v) is 7.53. The molecule has 0 saturated heterocycles. The molecule has 0 unspecified atom stereocenters. The van der Waals surface area contributed by atoms with Gasteiger partial charge in [-0.1, -0.05) is 12.1 Å². The van der Waals surface area contributed by atoms with E-state index in [4.69, 9.17) is 13.9 Å². The zero-order chi connectivity index (χ0) is 21.9. The van der Waals surface area contributed by atoms with E-state index in [1.54, 1.807) is 41.4 Å². The Hall–Kier alpha value is -4.18. The van der Waals surface area contributed by atoms with Gasteiger partial charge in [-0.05, 0) is 42.0 Å². The van der Waals surface area contributed by atoms with Crippen LogP contribution < -0.4 is 14.3 Å². The van der Waals surface area contributed by atoms with Crippen LogP contribution in [0, 0.1) is 10.1 Å². The molecule has 0 fully saturated rings. The summed E-state index contributed by atoms with van der Waals surface area (Å²) in [7, 11) is 0. The number of nitro benzene ring substituents is 1. The number of nitro groups is 1. The third-order valence-corrected chi connectivity index (χ3v) is 5.46. The molecule has 5 rings (SSSR count). The molecule has 10 heteroatoms. The van der Waals surface area contributed by atoms with E-state index in [1.807, 2.05) is 29.6 Å². The number of hydrogen-bond donors (Lipinski definition) is 0. The molecule has 3 heterocycles. The number of thiazole rings is 1. The molecule has 1 aliphatic heterocycles. The maximum absolute atomic E-state index is 11.4. The molecular weight excluding hydrogens is 432 g/mol. The van der Waals surface area contributed by atoms with E-state index in [0.717, 1.165) is 5.56 Å². The molecule has 0 atom stereocenters. The summed E-state index contributed by atoms with van der Waals surface area (Å²) in [5.41, 5.74) is 1.64. The molecule has 0 spiro atoms. The highest BCUT2D eigenvalue weighted by atomic mass is 32.1. The number of fused-ring (bicyclic) bond motifs is 1. The van der Waals surface area contributed by atoms with Crippen LogP contribution in [0.5, 0.6) is 11.5 Å². The third-order valence-electron chi connectivity index (χ3n) is 4.64. The van der Waals surface area contributed by atoms with Gasteiger partial charge in [0.1, 0.15) is 24.6 Å². The van der Waals surface area contributed by atoms with Crippen molar-refractivity contribution >= 4 is 28.9 Å². The second kappa shape index (κ2) is 8.52. The number of para-hydroxylation sites is 2. The first kappa shape index (κ1) is 19.8. The van der Waals surface area contributed by atoms with Gasteiger partial charge in [0.2, 0.25) is 4.80 Å². The molecule has 160 valence electrons. The molecular formula is C22H16N4O5S. The van der Waals surface area contributed by atoms with E-state index in [1.165, 1.54) is 17.4 Å². The number of ether oxygens (including phenoxy) is 2. The van der Waals surface area contributed by atoms with Crippen LogP contribution in [0.2, 0.25) is 0 Å². The SMILES string of the molecule is O=[N+]([O-])c1ccccc1N=c1scc(-c2ccco2)n1/N=C/c1ccc2c(c1)OCCO2. The normalized spacial score (nSPS) is 13.6. The molecule has 2 aromatic carbocycles. The second-order valence-electron chi connectivity index (χ2n) is 6.70. The number of rotatable bonds is 5. The van der Waals surface area contributed by atoms with Crippen molar-refractivity contribution < 1.29 is 18.8 Å². The Balaban J connectivity index is 1.60. The lowest BCUT2D eigenvalue weighted by atomic mass is 10.2. The van der Waals surface area contributed by atoms with Gasteiger partial charge in [0.25, 0.3) is 5.69 Å². The van der Waals surface area contributed by atoms with Gasteiger partial charge in [-0.2, -0.15) is 5.10 Å². The topological polar surface area (TPSA) is 104 Å². The molecule has 0 radical (unpaired) electrons. The minimum atomic E-state index is -0.456. The van der Waals surface area contributed by atoms with Crippen molar-refractivity contribution in [2.75, 3.05) is 13.2 Å². The highest BCUT2D eigenvalue weighted by molar-refractivity contribution is 7.07. The Labute approximate surface area is 185 Å². The molecule has 0 bridgehead atoms. The molecule has 9 nitrogen and oxygen atoms in total. The summed E-state index contributed by atoms with van der Waals surface area (Å²) in [4.78, 5) is 15.9. The molecule has 0 saturated carbocycles. The highest BCUT2D eigenvalue weighted by Crippen LogP contribution is 2.30. The Morgan fingerprint density at radius 3 is 2.72 bits per heavy atom. The van der Waals surface area contributed by atoms with E-state index >= 15 is 0 Å². The van der Waals surface area contributed by atoms with Gasteiger partial charge in [-0.3, -0.25) is 10.1 Å². The van der Waals surface area contributed by atoms with E-state index in [-0.39, 0.29) is 11.4 Å². The van der Waals surface area contributed by atoms with Crippen molar-refractivity contribution in [2.24, 2.45) is 10.1 Å². The molecule has 0 amide bonds. The van der Waals surface area contributed by atoms with Crippen molar-refractivity contribution in [3.63, 3.8) is 0 Å². The fourth-order valence-electron chi connectivity index (χ4n) is 3.16. The largest absolute Gasteiger partial charge is 0.486 e. The van der Waals surface area contributed by atoms with Gasteiger partial charge < -0.3 is 13.9 Å². The Bertz CT molecular complexity index is 1370. The maximum atomic E-state index is 11.4. The van der Waals surface area contributed by atoms with Crippen LogP contribution >= 0.6 is 11.3 Å². The van der Waals surface area contributed by atoms with Crippen LogP contribution in [0.25, 0.3) is 11.5 Å². The summed E-state index contributed by atoms with van der Waals surface area (Å²) >= 11 is 1.30. The molecule has 0 N–H and O–H groups in total. The first-order valence-corrected chi connectivity index (χ1v) is 10.5. The quantitative estimate of drug-likeness (QED) is 0.252. The average molecular weight is 448 g/mol. The van der Waals surface area contributed by atoms with Crippen molar-refractivity contribution in [2.45, 2.75) is 0 Å². The van der Waals surface area contributed by atoms with Crippen molar-refractivity contribution in [1.82, 2.24) is 4.68 Å². The number of hydrogen-bond acceptors (Lipinski definition) is 8. The van der Waals surface area contributed by atoms with Gasteiger partial charge in [0.15, 0.2) is 17.3 Å². The minimum absolute atomic E-state index is 0.0807. The number of nitrogens with zero attached hydrogens (tertiary/aromatic N) is 4. The minimum Gasteiger partial charge on any atom is -0.486 e. The van der Waals surface area contributed by atoms with Crippen LogP contribution in [0.3, 0.4) is 0 Å². The average Bonchev–Trinajstić information content (AvgIpc) is 3.48. The van der Waals surface area contributed by atoms with E-state index in [0.29, 0.717) is 41.0 Å². The van der Waals surface area contributed by atoms with Gasteiger partial charge in [-0.25, -0.2) is 9.67 Å². The first-order chi connectivity index (χ1) is 15.7. The summed E-state index contributed by atoms with van der Waals surface area (Å²) < 4.78 is 18.3. The lowest BCUT2D eigenvalue weighted by Crippen LogP contribution is -2.15. The third kappa shape index (κ3) is 3.91. The molecule has 32 heavy (non-hydrogen) atoms. The predicted octanol–water partition coefficient (Wildman–Crippen LogP) is 4.60. The standard InChI is InChI=1S/C22H16N4O5S/c27-26(28)17-5-2-1-4-16(17)24-22-25(18(14-32-22)19-6-3-9-29-19)23-13-15-7-8-20-21(12-15)31-11-10-30-20/h1-9,12-14H,10-11H2/b23-13+,24-22?. The molecule has 2 aromatic heterocycles. The monoisotopic (exact) mass is 448 g/mol. The Morgan fingerprint density at radius 1 is 1.06 bits per heavy atom. The lowest BCUT2D eigenvalue weighted by molar-refractivity contribution is -0.384. The zero-order valence-corrected chi connectivity index (χ0v) is 17.4. The molecule has 1 aliphatic rings. The van der Waals surface area contributed by atoms with Gasteiger partial charge in [-0.15, -0.1) is 11.3 Å². The summed E-state index contributed by atoms with van der Waals surface area (Å²) in [6, 6.07) is 15.5. The Morgan fingerprint density at radius 2 is 1.91 bits per heavy atom. The summed E-state index contributed by atoms with van der Waals surface area (Å²) in [6.07, 6.45) is 3.23. The van der Waals surface area contributed by atoms with E-state index in [2.05, 4.69) is 10.1 Å². The first-order valence-electron chi connectivity index (χ1n) is 9.65. The maximum Gasteiger partial charge on any atom is 0.294 e. The van der Waals surface area contributed by atoms with Gasteiger partial charge >= 0.3 is 0 Å². The number of benzene rings is 2. The summed E-state index contributed by atoms with van der Waals surface area (Å²) in [6.45, 7) is 1.02. The van der Waals surface area contributed by atoms with Crippen LogP contribution in [0.1, 0.15) is 5.56 Å². The fraction of sp³-hybridized carbons (Fsp3) is 0.0909. The van der Waals surface area contributed by atoms with Crippen molar-refractivity contribution in [1.29, 1.82) is 0 Å². The smallest absolute Gasteiger partial charge is 0.294 e. The highest BCUT2D eigenvalue weighted by Gasteiger charge is 2.15.